The number of hydroxylamine groups is 1. The summed E-state index contributed by atoms with van der Waals surface area (Å²) >= 11 is 0. The highest BCUT2D eigenvalue weighted by Gasteiger charge is 2.09. The quantitative estimate of drug-likeness (QED) is 0.520. The lowest BCUT2D eigenvalue weighted by molar-refractivity contribution is -0.776. The maximum absolute atomic E-state index is 11.2. The zero-order valence-electron chi connectivity index (χ0n) is 5.95. The fraction of sp³-hybridized carbons (Fsp3) is 0.125. The normalized spacial score (nSPS) is 21.4. The molecule has 11 heavy (non-hydrogen) atoms. The van der Waals surface area contributed by atoms with Gasteiger partial charge in [0.15, 0.2) is 6.67 Å². The van der Waals surface area contributed by atoms with Crippen LogP contribution >= 0.6 is 0 Å². The molecule has 0 spiro atoms. The van der Waals surface area contributed by atoms with Gasteiger partial charge in [-0.05, 0) is 6.07 Å². The molecule has 0 aromatic heterocycles. The summed E-state index contributed by atoms with van der Waals surface area (Å²) in [4.78, 5) is 3.92. The lowest BCUT2D eigenvalue weighted by Crippen LogP contribution is -3.02. The summed E-state index contributed by atoms with van der Waals surface area (Å²) in [5.74, 6) is 0. The topological polar surface area (TPSA) is 39.9 Å². The Hall–Kier alpha value is -1.19. The lowest BCUT2D eigenvalue weighted by Gasteiger charge is -2.23. The zero-order valence-corrected chi connectivity index (χ0v) is 5.95. The van der Waals surface area contributed by atoms with Crippen LogP contribution in [0.15, 0.2) is 29.3 Å². The Labute approximate surface area is 64.6 Å². The Kier molecular flexibility index (Phi) is 1.45. The predicted octanol–water partition coefficient (Wildman–Crippen LogP) is 0.0908. The van der Waals surface area contributed by atoms with Crippen LogP contribution in [0.25, 0.3) is 0 Å². The van der Waals surface area contributed by atoms with E-state index in [4.69, 9.17) is 0 Å². The molecule has 1 aliphatic heterocycles. The van der Waals surface area contributed by atoms with Crippen molar-refractivity contribution in [3.63, 3.8) is 0 Å². The van der Waals surface area contributed by atoms with Gasteiger partial charge in [0.2, 0.25) is 0 Å². The summed E-state index contributed by atoms with van der Waals surface area (Å²) in [5.41, 5.74) is 1.73. The standard InChI is InChI=1S/C8H8N2O/c11-10-6-9-5-7-3-1-2-4-8(7)10/h1-5,10H,6H2. The Bertz CT molecular complexity index is 296. The van der Waals surface area contributed by atoms with Gasteiger partial charge >= 0.3 is 0 Å². The molecule has 0 aliphatic carbocycles. The number of benzene rings is 1. The van der Waals surface area contributed by atoms with Crippen molar-refractivity contribution in [3.8, 4) is 0 Å². The largest absolute Gasteiger partial charge is 0.627 e. The molecule has 56 valence electrons. The summed E-state index contributed by atoms with van der Waals surface area (Å²) in [6.07, 6.45) is 1.75. The second kappa shape index (κ2) is 2.45. The number of hydrogen-bond donors (Lipinski definition) is 1. The van der Waals surface area contributed by atoms with E-state index >= 15 is 0 Å². The van der Waals surface area contributed by atoms with Crippen LogP contribution < -0.4 is 5.06 Å². The fourth-order valence-electron chi connectivity index (χ4n) is 1.18. The fourth-order valence-corrected chi connectivity index (χ4v) is 1.18. The van der Waals surface area contributed by atoms with Crippen molar-refractivity contribution in [2.75, 3.05) is 6.67 Å². The van der Waals surface area contributed by atoms with Crippen LogP contribution in [0.3, 0.4) is 0 Å². The van der Waals surface area contributed by atoms with Crippen molar-refractivity contribution < 1.29 is 5.06 Å². The number of para-hydroxylation sites is 1. The maximum Gasteiger partial charge on any atom is 0.175 e. The first-order valence-corrected chi connectivity index (χ1v) is 3.50. The maximum atomic E-state index is 11.2. The van der Waals surface area contributed by atoms with E-state index in [9.17, 15) is 5.21 Å². The Morgan fingerprint density at radius 2 is 2.18 bits per heavy atom. The molecule has 1 unspecified atom stereocenters. The van der Waals surface area contributed by atoms with Gasteiger partial charge in [0, 0.05) is 12.3 Å². The van der Waals surface area contributed by atoms with Gasteiger partial charge in [-0.2, -0.15) is 0 Å². The van der Waals surface area contributed by atoms with Gasteiger partial charge in [-0.3, -0.25) is 0 Å². The summed E-state index contributed by atoms with van der Waals surface area (Å²) in [6, 6.07) is 7.51. The molecule has 3 nitrogen and oxygen atoms in total. The number of quaternary nitrogens is 1. The number of nitrogens with zero attached hydrogens (tertiary/aromatic N) is 1. The third kappa shape index (κ3) is 1.04. The van der Waals surface area contributed by atoms with Gasteiger partial charge < -0.3 is 10.3 Å². The number of hydrogen-bond acceptors (Lipinski definition) is 2. The van der Waals surface area contributed by atoms with E-state index in [-0.39, 0.29) is 5.06 Å². The van der Waals surface area contributed by atoms with Crippen molar-refractivity contribution >= 4 is 11.9 Å². The van der Waals surface area contributed by atoms with Crippen LogP contribution in [0.5, 0.6) is 0 Å². The van der Waals surface area contributed by atoms with Crippen LogP contribution in [0.1, 0.15) is 5.56 Å². The summed E-state index contributed by atoms with van der Waals surface area (Å²) < 4.78 is 0. The Morgan fingerprint density at radius 3 is 3.00 bits per heavy atom. The van der Waals surface area contributed by atoms with Crippen molar-refractivity contribution in [2.45, 2.75) is 0 Å². The molecule has 0 fully saturated rings. The van der Waals surface area contributed by atoms with E-state index in [0.717, 1.165) is 11.3 Å². The number of fused-ring (bicyclic) bond motifs is 1. The number of rotatable bonds is 0. The predicted molar refractivity (Wildman–Crippen MR) is 42.9 cm³/mol. The van der Waals surface area contributed by atoms with Crippen molar-refractivity contribution in [2.24, 2.45) is 4.99 Å². The van der Waals surface area contributed by atoms with E-state index in [0.29, 0.717) is 6.67 Å². The van der Waals surface area contributed by atoms with Crippen LogP contribution in [-0.2, 0) is 0 Å². The van der Waals surface area contributed by atoms with Gasteiger partial charge in [0.25, 0.3) is 0 Å². The molecular formula is C8H8N2O. The highest BCUT2D eigenvalue weighted by Crippen LogP contribution is 2.09. The minimum atomic E-state index is 0.114. The molecule has 1 atom stereocenters. The van der Waals surface area contributed by atoms with Crippen LogP contribution in [0.4, 0.5) is 5.69 Å². The molecule has 1 heterocycles. The molecule has 2 rings (SSSR count). The zero-order chi connectivity index (χ0) is 7.68. The average Bonchev–Trinajstić information content (AvgIpc) is 2.06. The third-order valence-corrected chi connectivity index (χ3v) is 1.73. The van der Waals surface area contributed by atoms with Gasteiger partial charge in [0.05, 0.1) is 5.56 Å². The molecule has 1 N–H and O–H groups in total. The van der Waals surface area contributed by atoms with E-state index in [2.05, 4.69) is 4.99 Å². The molecule has 3 heteroatoms. The first-order valence-electron chi connectivity index (χ1n) is 3.50. The molecule has 0 saturated heterocycles. The number of aliphatic imine (C=N–C) groups is 1. The number of nitrogens with one attached hydrogen (secondary N) is 1. The van der Waals surface area contributed by atoms with E-state index in [1.165, 1.54) is 0 Å². The van der Waals surface area contributed by atoms with E-state index in [1.807, 2.05) is 24.3 Å². The third-order valence-electron chi connectivity index (χ3n) is 1.73. The van der Waals surface area contributed by atoms with Gasteiger partial charge in [0.1, 0.15) is 5.69 Å². The van der Waals surface area contributed by atoms with Crippen molar-refractivity contribution in [3.05, 3.63) is 35.0 Å². The molecule has 1 aromatic carbocycles. The molecular weight excluding hydrogens is 140 g/mol. The monoisotopic (exact) mass is 148 g/mol. The molecule has 0 saturated carbocycles. The average molecular weight is 148 g/mol. The summed E-state index contributed by atoms with van der Waals surface area (Å²) in [5, 5.41) is 11.3. The second-order valence-electron chi connectivity index (χ2n) is 2.48. The minimum Gasteiger partial charge on any atom is -0.627 e. The summed E-state index contributed by atoms with van der Waals surface area (Å²) in [6.45, 7) is 0.303. The van der Waals surface area contributed by atoms with E-state index in [1.54, 1.807) is 6.21 Å². The smallest absolute Gasteiger partial charge is 0.175 e. The van der Waals surface area contributed by atoms with Crippen LogP contribution in [-0.4, -0.2) is 12.9 Å². The highest BCUT2D eigenvalue weighted by molar-refractivity contribution is 5.85. The van der Waals surface area contributed by atoms with Gasteiger partial charge in [-0.25, -0.2) is 4.99 Å². The van der Waals surface area contributed by atoms with Gasteiger partial charge in [-0.15, -0.1) is 0 Å². The van der Waals surface area contributed by atoms with Crippen molar-refractivity contribution in [1.82, 2.24) is 0 Å². The lowest BCUT2D eigenvalue weighted by atomic mass is 10.2. The molecule has 0 bridgehead atoms. The van der Waals surface area contributed by atoms with Gasteiger partial charge in [-0.1, -0.05) is 12.1 Å². The first-order chi connectivity index (χ1) is 5.38. The van der Waals surface area contributed by atoms with E-state index < -0.39 is 0 Å². The second-order valence-corrected chi connectivity index (χ2v) is 2.48. The van der Waals surface area contributed by atoms with Crippen LogP contribution in [0.2, 0.25) is 0 Å². The Morgan fingerprint density at radius 1 is 1.36 bits per heavy atom. The molecule has 1 aromatic rings. The first kappa shape index (κ1) is 6.52. The highest BCUT2D eigenvalue weighted by atomic mass is 16.5. The Balaban J connectivity index is 2.54. The molecule has 1 aliphatic rings. The minimum absolute atomic E-state index is 0.114. The SMILES string of the molecule is [O-][NH+]1CN=Cc2ccccc21. The summed E-state index contributed by atoms with van der Waals surface area (Å²) in [7, 11) is 0. The van der Waals surface area contributed by atoms with Crippen molar-refractivity contribution in [1.29, 1.82) is 0 Å². The molecule has 0 radical (unpaired) electrons. The van der Waals surface area contributed by atoms with Crippen LogP contribution in [0, 0.1) is 5.21 Å². The molecule has 0 amide bonds.